The number of hydrogen-bond donors (Lipinski definition) is 3. The standard InChI is InChI=1S/C12H15N5O2/c1-17-5-3-9(16-17)2-4-14-11-10(13)6-8(7-15-11)12(18)19/h3,5-7H,2,4,13H2,1H3,(H,14,15)(H,18,19). The molecule has 2 heterocycles. The van der Waals surface area contributed by atoms with E-state index in [-0.39, 0.29) is 5.56 Å². The summed E-state index contributed by atoms with van der Waals surface area (Å²) in [6, 6.07) is 3.32. The van der Waals surface area contributed by atoms with Crippen molar-refractivity contribution in [2.75, 3.05) is 17.6 Å². The van der Waals surface area contributed by atoms with Gasteiger partial charge in [0.05, 0.1) is 16.9 Å². The SMILES string of the molecule is Cn1ccc(CCNc2ncc(C(=O)O)cc2N)n1. The minimum atomic E-state index is -1.04. The molecule has 0 bridgehead atoms. The predicted molar refractivity (Wildman–Crippen MR) is 71.0 cm³/mol. The van der Waals surface area contributed by atoms with Crippen molar-refractivity contribution in [3.8, 4) is 0 Å². The smallest absolute Gasteiger partial charge is 0.337 e. The second-order valence-corrected chi connectivity index (χ2v) is 4.12. The molecule has 2 aromatic rings. The molecular weight excluding hydrogens is 246 g/mol. The number of nitrogens with two attached hydrogens (primary N) is 1. The quantitative estimate of drug-likeness (QED) is 0.733. The summed E-state index contributed by atoms with van der Waals surface area (Å²) in [6.07, 6.45) is 3.90. The average molecular weight is 261 g/mol. The van der Waals surface area contributed by atoms with Crippen LogP contribution in [0.25, 0.3) is 0 Å². The molecule has 0 atom stereocenters. The molecule has 0 aliphatic carbocycles. The number of pyridine rings is 1. The van der Waals surface area contributed by atoms with Crippen molar-refractivity contribution in [2.24, 2.45) is 7.05 Å². The number of aromatic nitrogens is 3. The van der Waals surface area contributed by atoms with Gasteiger partial charge < -0.3 is 16.2 Å². The first kappa shape index (κ1) is 12.9. The third kappa shape index (κ3) is 3.21. The summed E-state index contributed by atoms with van der Waals surface area (Å²) in [4.78, 5) is 14.7. The molecular formula is C12H15N5O2. The van der Waals surface area contributed by atoms with Crippen LogP contribution in [0.5, 0.6) is 0 Å². The summed E-state index contributed by atoms with van der Waals surface area (Å²) in [5.74, 6) is -0.555. The van der Waals surface area contributed by atoms with E-state index in [1.807, 2.05) is 19.3 Å². The highest BCUT2D eigenvalue weighted by Crippen LogP contribution is 2.16. The monoisotopic (exact) mass is 261 g/mol. The Morgan fingerprint density at radius 1 is 1.58 bits per heavy atom. The molecule has 0 saturated carbocycles. The first-order valence-electron chi connectivity index (χ1n) is 5.77. The van der Waals surface area contributed by atoms with E-state index in [1.54, 1.807) is 4.68 Å². The number of rotatable bonds is 5. The molecule has 0 radical (unpaired) electrons. The van der Waals surface area contributed by atoms with E-state index in [4.69, 9.17) is 10.8 Å². The molecule has 7 heteroatoms. The normalized spacial score (nSPS) is 10.4. The maximum Gasteiger partial charge on any atom is 0.337 e. The van der Waals surface area contributed by atoms with Crippen molar-refractivity contribution >= 4 is 17.5 Å². The molecule has 0 spiro atoms. The molecule has 0 unspecified atom stereocenters. The lowest BCUT2D eigenvalue weighted by molar-refractivity contribution is 0.0696. The predicted octanol–water partition coefficient (Wildman–Crippen LogP) is 0.750. The van der Waals surface area contributed by atoms with Crippen molar-refractivity contribution in [2.45, 2.75) is 6.42 Å². The first-order chi connectivity index (χ1) is 9.06. The second-order valence-electron chi connectivity index (χ2n) is 4.12. The van der Waals surface area contributed by atoms with Crippen molar-refractivity contribution in [1.82, 2.24) is 14.8 Å². The molecule has 100 valence electrons. The van der Waals surface area contributed by atoms with Crippen LogP contribution in [0.2, 0.25) is 0 Å². The molecule has 2 rings (SSSR count). The average Bonchev–Trinajstić information content (AvgIpc) is 2.77. The van der Waals surface area contributed by atoms with Gasteiger partial charge in [-0.15, -0.1) is 0 Å². The van der Waals surface area contributed by atoms with Crippen molar-refractivity contribution < 1.29 is 9.90 Å². The fourth-order valence-corrected chi connectivity index (χ4v) is 1.65. The summed E-state index contributed by atoms with van der Waals surface area (Å²) in [5.41, 5.74) is 7.10. The lowest BCUT2D eigenvalue weighted by Crippen LogP contribution is -2.10. The molecule has 0 aliphatic rings. The summed E-state index contributed by atoms with van der Waals surface area (Å²) >= 11 is 0. The molecule has 0 aliphatic heterocycles. The van der Waals surface area contributed by atoms with Gasteiger partial charge in [-0.05, 0) is 12.1 Å². The molecule has 2 aromatic heterocycles. The molecule has 4 N–H and O–H groups in total. The van der Waals surface area contributed by atoms with Gasteiger partial charge in [0.2, 0.25) is 0 Å². The number of hydrogen-bond acceptors (Lipinski definition) is 5. The van der Waals surface area contributed by atoms with Crippen LogP contribution < -0.4 is 11.1 Å². The van der Waals surface area contributed by atoms with Crippen LogP contribution in [0, 0.1) is 0 Å². The second kappa shape index (κ2) is 5.38. The Hall–Kier alpha value is -2.57. The summed E-state index contributed by atoms with van der Waals surface area (Å²) in [6.45, 7) is 0.626. The fraction of sp³-hybridized carbons (Fsp3) is 0.250. The minimum absolute atomic E-state index is 0.0766. The van der Waals surface area contributed by atoms with Crippen molar-refractivity contribution in [1.29, 1.82) is 0 Å². The maximum absolute atomic E-state index is 10.7. The number of nitrogens with zero attached hydrogens (tertiary/aromatic N) is 3. The van der Waals surface area contributed by atoms with Gasteiger partial charge in [0.1, 0.15) is 5.82 Å². The van der Waals surface area contributed by atoms with E-state index >= 15 is 0 Å². The molecule has 0 fully saturated rings. The van der Waals surface area contributed by atoms with Gasteiger partial charge in [0.15, 0.2) is 0 Å². The molecule has 0 saturated heterocycles. The van der Waals surface area contributed by atoms with Gasteiger partial charge >= 0.3 is 5.97 Å². The van der Waals surface area contributed by atoms with E-state index in [1.165, 1.54) is 12.3 Å². The van der Waals surface area contributed by atoms with Crippen LogP contribution in [0.4, 0.5) is 11.5 Å². The topological polar surface area (TPSA) is 106 Å². The van der Waals surface area contributed by atoms with Crippen LogP contribution in [0.1, 0.15) is 16.1 Å². The van der Waals surface area contributed by atoms with Crippen LogP contribution in [0.3, 0.4) is 0 Å². The summed E-state index contributed by atoms with van der Waals surface area (Å²) < 4.78 is 1.74. The highest BCUT2D eigenvalue weighted by atomic mass is 16.4. The van der Waals surface area contributed by atoms with Crippen LogP contribution in [-0.2, 0) is 13.5 Å². The maximum atomic E-state index is 10.7. The van der Waals surface area contributed by atoms with Gasteiger partial charge in [-0.1, -0.05) is 0 Å². The number of carbonyl (C=O) groups is 1. The number of aryl methyl sites for hydroxylation is 1. The van der Waals surface area contributed by atoms with E-state index in [0.717, 1.165) is 12.1 Å². The first-order valence-corrected chi connectivity index (χ1v) is 5.77. The highest BCUT2D eigenvalue weighted by molar-refractivity contribution is 5.89. The Kier molecular flexibility index (Phi) is 3.65. The molecule has 7 nitrogen and oxygen atoms in total. The third-order valence-corrected chi connectivity index (χ3v) is 2.61. The van der Waals surface area contributed by atoms with E-state index in [2.05, 4.69) is 15.4 Å². The summed E-state index contributed by atoms with van der Waals surface area (Å²) in [7, 11) is 1.86. The Labute approximate surface area is 110 Å². The zero-order chi connectivity index (χ0) is 13.8. The van der Waals surface area contributed by atoms with Crippen LogP contribution in [-0.4, -0.2) is 32.4 Å². The number of nitrogens with one attached hydrogen (secondary N) is 1. The number of anilines is 2. The zero-order valence-corrected chi connectivity index (χ0v) is 10.5. The summed E-state index contributed by atoms with van der Waals surface area (Å²) in [5, 5.41) is 16.1. The Balaban J connectivity index is 1.94. The molecule has 0 aromatic carbocycles. The number of aromatic carboxylic acids is 1. The van der Waals surface area contributed by atoms with Gasteiger partial charge in [-0.2, -0.15) is 5.10 Å². The van der Waals surface area contributed by atoms with E-state index < -0.39 is 5.97 Å². The fourth-order valence-electron chi connectivity index (χ4n) is 1.65. The van der Waals surface area contributed by atoms with Gasteiger partial charge in [-0.3, -0.25) is 4.68 Å². The Morgan fingerprint density at radius 3 is 2.95 bits per heavy atom. The van der Waals surface area contributed by atoms with Gasteiger partial charge in [0.25, 0.3) is 0 Å². The van der Waals surface area contributed by atoms with Crippen molar-refractivity contribution in [3.05, 3.63) is 35.8 Å². The number of nitrogen functional groups attached to an aromatic ring is 1. The highest BCUT2D eigenvalue weighted by Gasteiger charge is 2.07. The van der Waals surface area contributed by atoms with E-state index in [9.17, 15) is 4.79 Å². The Morgan fingerprint density at radius 2 is 2.37 bits per heavy atom. The zero-order valence-electron chi connectivity index (χ0n) is 10.5. The van der Waals surface area contributed by atoms with Crippen LogP contribution in [0.15, 0.2) is 24.5 Å². The van der Waals surface area contributed by atoms with Gasteiger partial charge in [0, 0.05) is 32.4 Å². The lowest BCUT2D eigenvalue weighted by Gasteiger charge is -2.07. The molecule has 19 heavy (non-hydrogen) atoms. The third-order valence-electron chi connectivity index (χ3n) is 2.61. The van der Waals surface area contributed by atoms with Crippen molar-refractivity contribution in [3.63, 3.8) is 0 Å². The Bertz CT molecular complexity index is 594. The number of carboxylic acids is 1. The number of carboxylic acid groups (broad SMARTS) is 1. The molecule has 0 amide bonds. The largest absolute Gasteiger partial charge is 0.478 e. The van der Waals surface area contributed by atoms with Gasteiger partial charge in [-0.25, -0.2) is 9.78 Å². The van der Waals surface area contributed by atoms with Crippen LogP contribution >= 0.6 is 0 Å². The minimum Gasteiger partial charge on any atom is -0.478 e. The van der Waals surface area contributed by atoms with E-state index in [0.29, 0.717) is 18.1 Å². The lowest BCUT2D eigenvalue weighted by atomic mass is 10.2.